The molecular formula is C70H99N5O13P+. The van der Waals surface area contributed by atoms with Gasteiger partial charge in [-0.05, 0) is 144 Å². The summed E-state index contributed by atoms with van der Waals surface area (Å²) < 4.78 is 43.5. The van der Waals surface area contributed by atoms with Crippen LogP contribution in [0.5, 0.6) is 5.75 Å². The van der Waals surface area contributed by atoms with Gasteiger partial charge in [-0.3, -0.25) is 19.9 Å². The maximum Gasteiger partial charge on any atom is 0.524 e. The van der Waals surface area contributed by atoms with E-state index in [2.05, 4.69) is 35.5 Å². The van der Waals surface area contributed by atoms with Gasteiger partial charge in [-0.2, -0.15) is 0 Å². The summed E-state index contributed by atoms with van der Waals surface area (Å²) >= 11 is 0. The van der Waals surface area contributed by atoms with Crippen LogP contribution in [0.15, 0.2) is 96.6 Å². The van der Waals surface area contributed by atoms with E-state index in [0.717, 1.165) is 133 Å². The highest BCUT2D eigenvalue weighted by Gasteiger charge is 2.76. The van der Waals surface area contributed by atoms with Crippen LogP contribution in [0, 0.1) is 39.9 Å². The molecule has 10 unspecified atom stereocenters. The quantitative estimate of drug-likeness (QED) is 0.0155. The van der Waals surface area contributed by atoms with Crippen LogP contribution in [0.2, 0.25) is 0 Å². The zero-order valence-corrected chi connectivity index (χ0v) is 53.9. The number of allylic oxidation sites excluding steroid dienone is 4. The van der Waals surface area contributed by atoms with Crippen LogP contribution in [0.1, 0.15) is 161 Å². The Morgan fingerprint density at radius 1 is 0.888 bits per heavy atom. The van der Waals surface area contributed by atoms with Crippen molar-refractivity contribution in [2.75, 3.05) is 64.3 Å². The van der Waals surface area contributed by atoms with Crippen LogP contribution in [-0.2, 0) is 39.6 Å². The number of likely N-dealkylation sites (N-methyl/N-ethyl adjacent to an activating group) is 1. The lowest BCUT2D eigenvalue weighted by Gasteiger charge is -2.59. The Morgan fingerprint density at radius 2 is 1.60 bits per heavy atom. The third kappa shape index (κ3) is 15.2. The lowest BCUT2D eigenvalue weighted by Crippen LogP contribution is -2.64. The molecule has 10 rings (SSSR count). The fourth-order valence-corrected chi connectivity index (χ4v) is 17.3. The average Bonchev–Trinajstić information content (AvgIpc) is 1.54. The summed E-state index contributed by atoms with van der Waals surface area (Å²) in [6.07, 6.45) is 19.6. The van der Waals surface area contributed by atoms with E-state index in [4.69, 9.17) is 28.9 Å². The number of rotatable bonds is 28. The number of nitrogens with zero attached hydrogens (tertiary/aromatic N) is 2. The summed E-state index contributed by atoms with van der Waals surface area (Å²) in [6.45, 7) is 12.2. The highest BCUT2D eigenvalue weighted by atomic mass is 31.2. The number of carbonyl (C=O) groups is 3. The van der Waals surface area contributed by atoms with Crippen molar-refractivity contribution in [3.05, 3.63) is 108 Å². The predicted octanol–water partition coefficient (Wildman–Crippen LogP) is 11.8. The fraction of sp³-hybridized carbons (Fsp3) is 0.629. The van der Waals surface area contributed by atoms with Gasteiger partial charge in [0.2, 0.25) is 5.78 Å². The topological polar surface area (TPSA) is 246 Å². The number of carbonyl (C=O) groups excluding carboxylic acids is 3. The summed E-state index contributed by atoms with van der Waals surface area (Å²) in [5, 5.41) is 38.5. The molecule has 3 aromatic carbocycles. The highest BCUT2D eigenvalue weighted by Crippen LogP contribution is 2.70. The molecule has 7 N–H and O–H groups in total. The van der Waals surface area contributed by atoms with E-state index in [9.17, 15) is 34.2 Å². The first kappa shape index (κ1) is 66.8. The molecule has 7 aliphatic rings. The zero-order valence-electron chi connectivity index (χ0n) is 53.0. The summed E-state index contributed by atoms with van der Waals surface area (Å²) in [5.74, 6) is -0.933. The molecule has 4 saturated carbocycles. The standard InChI is InChI=1S/C70H98N5O13P/c1-5-75(6-2,46-64(79)84-47-62(78)70-63(86-66(87-70)49-24-16-13-17-25-49)42-57-56-30-29-52-41-53(71)32-35-68(52,3)65(56)59(76)43-69(57,70)4)45-51-40-50(28-31-61(51)88-89(81,82)83)60(77)44-72-36-20-10-8-7-9-11-21-37-74-38-33-54(34-39-74)85-67(80)73-58-27-19-18-26-55(58)48-22-14-12-15-23-48/h12,14-15,18-19,22-23,26-28,31-32,35,40-41,49,54,56-57,59-60,63,65-66,71-72,76-77H,5-11,13,16-17,20-21,24-25,29-30,33-34,36-39,42-47H2,1-4H3,(H2-,73,80,81,82,83)/p+1. The highest BCUT2D eigenvalue weighted by molar-refractivity contribution is 7.46. The number of fused-ring (bicyclic) bond motifs is 7. The van der Waals surface area contributed by atoms with Crippen LogP contribution < -0.4 is 15.2 Å². The van der Waals surface area contributed by atoms with Crippen LogP contribution in [0.3, 0.4) is 0 Å². The molecule has 3 aromatic rings. The summed E-state index contributed by atoms with van der Waals surface area (Å²) in [7, 11) is -5.00. The zero-order chi connectivity index (χ0) is 63.0. The molecule has 0 radical (unpaired) electrons. The molecule has 0 bridgehead atoms. The van der Waals surface area contributed by atoms with Crippen LogP contribution in [-0.4, -0.2) is 142 Å². The first-order chi connectivity index (χ1) is 42.8. The number of Topliss-reactive ketones (excluding diaryl/α,β-unsaturated/α-hetero) is 1. The molecule has 89 heavy (non-hydrogen) atoms. The van der Waals surface area contributed by atoms with Gasteiger partial charge in [-0.1, -0.05) is 131 Å². The molecule has 0 spiro atoms. The van der Waals surface area contributed by atoms with Crippen molar-refractivity contribution < 1.29 is 66.9 Å². The second-order valence-corrected chi connectivity index (χ2v) is 28.4. The number of unbranched alkanes of at least 4 members (excludes halogenated alkanes) is 6. The van der Waals surface area contributed by atoms with Crippen molar-refractivity contribution in [3.63, 3.8) is 0 Å². The number of nitrogens with one attached hydrogen (secondary N) is 3. The smallest absolute Gasteiger partial charge is 0.453 e. The van der Waals surface area contributed by atoms with Gasteiger partial charge in [0.1, 0.15) is 18.4 Å². The Balaban J connectivity index is 0.670. The van der Waals surface area contributed by atoms with Crippen molar-refractivity contribution in [2.45, 2.75) is 186 Å². The maximum absolute atomic E-state index is 15.3. The average molecular weight is 1250 g/mol. The third-order valence-electron chi connectivity index (χ3n) is 21.8. The van der Waals surface area contributed by atoms with Crippen LogP contribution in [0.4, 0.5) is 10.5 Å². The number of benzene rings is 3. The van der Waals surface area contributed by atoms with Gasteiger partial charge in [-0.15, -0.1) is 0 Å². The normalized spacial score (nSPS) is 28.4. The summed E-state index contributed by atoms with van der Waals surface area (Å²) in [4.78, 5) is 64.8. The minimum atomic E-state index is -5.00. The number of anilines is 1. The number of ether oxygens (including phenoxy) is 4. The molecule has 2 aliphatic heterocycles. The lowest BCUT2D eigenvalue weighted by atomic mass is 9.46. The molecule has 18 nitrogen and oxygen atoms in total. The summed E-state index contributed by atoms with van der Waals surface area (Å²) in [6, 6.07) is 22.5. The minimum Gasteiger partial charge on any atom is -0.453 e. The number of quaternary nitrogens is 1. The first-order valence-electron chi connectivity index (χ1n) is 33.4. The number of hydrogen-bond acceptors (Lipinski definition) is 14. The molecule has 2 heterocycles. The van der Waals surface area contributed by atoms with Gasteiger partial charge in [0.25, 0.3) is 0 Å². The number of phosphoric acid groups is 1. The number of phosphoric ester groups is 1. The monoisotopic (exact) mass is 1250 g/mol. The number of hydrogen-bond donors (Lipinski definition) is 7. The Kier molecular flexibility index (Phi) is 21.9. The maximum atomic E-state index is 15.3. The van der Waals surface area contributed by atoms with Gasteiger partial charge in [-0.25, -0.2) is 14.2 Å². The van der Waals surface area contributed by atoms with Crippen molar-refractivity contribution in [1.82, 2.24) is 10.2 Å². The number of aliphatic hydroxyl groups excluding tert-OH is 2. The molecule has 486 valence electrons. The fourth-order valence-electron chi connectivity index (χ4n) is 16.9. The predicted molar refractivity (Wildman–Crippen MR) is 342 cm³/mol. The van der Waals surface area contributed by atoms with E-state index in [-0.39, 0.29) is 65.4 Å². The Labute approximate surface area is 526 Å². The molecule has 0 aromatic heterocycles. The number of para-hydroxylation sites is 1. The number of piperidine rings is 1. The molecule has 6 fully saturated rings. The van der Waals surface area contributed by atoms with E-state index >= 15 is 4.79 Å². The third-order valence-corrected chi connectivity index (χ3v) is 22.3. The Morgan fingerprint density at radius 3 is 2.33 bits per heavy atom. The number of esters is 1. The molecule has 5 aliphatic carbocycles. The number of amides is 1. The second-order valence-electron chi connectivity index (χ2n) is 27.2. The lowest BCUT2D eigenvalue weighted by molar-refractivity contribution is -0.931. The van der Waals surface area contributed by atoms with E-state index in [0.29, 0.717) is 42.8 Å². The van der Waals surface area contributed by atoms with Gasteiger partial charge >= 0.3 is 19.9 Å². The van der Waals surface area contributed by atoms with Crippen molar-refractivity contribution in [2.24, 2.45) is 34.5 Å². The number of aliphatic hydroxyl groups is 2. The van der Waals surface area contributed by atoms with Crippen LogP contribution >= 0.6 is 7.82 Å². The Hall–Kier alpha value is -5.11. The largest absolute Gasteiger partial charge is 0.524 e. The van der Waals surface area contributed by atoms with E-state index in [1.807, 2.05) is 80.6 Å². The van der Waals surface area contributed by atoms with Gasteiger partial charge in [0.05, 0.1) is 42.8 Å². The molecule has 1 amide bonds. The first-order valence-corrected chi connectivity index (χ1v) is 35.0. The number of likely N-dealkylation sites (tertiary alicyclic amines) is 1. The number of ketones is 1. The van der Waals surface area contributed by atoms with Crippen molar-refractivity contribution >= 4 is 37.1 Å². The Bertz CT molecular complexity index is 3050. The molecule has 2 saturated heterocycles. The van der Waals surface area contributed by atoms with Gasteiger partial charge in [0, 0.05) is 53.4 Å². The second kappa shape index (κ2) is 29.2. The SMILES string of the molecule is CC[N+](CC)(CC(=O)OCC(=O)C12OC(C3CCCCC3)OC1CC1C3CCC4=CC(=N)C=CC4(C)C3C(O)CC12C)Cc1cc(C(O)CNCCCCCCCCCN2CCC(OC(=O)Nc3ccccc3-c3ccccc3)CC2)ccc1OP(=O)(O)O. The van der Waals surface area contributed by atoms with Crippen LogP contribution in [0.25, 0.3) is 11.1 Å². The van der Waals surface area contributed by atoms with Gasteiger partial charge in [0.15, 0.2) is 25.0 Å². The van der Waals surface area contributed by atoms with Gasteiger partial charge < -0.3 is 53.8 Å². The minimum absolute atomic E-state index is 0.00652. The molecule has 19 heteroatoms. The van der Waals surface area contributed by atoms with Crippen molar-refractivity contribution in [3.8, 4) is 16.9 Å². The molecule has 10 atom stereocenters. The van der Waals surface area contributed by atoms with Crippen molar-refractivity contribution in [1.29, 1.82) is 5.41 Å². The summed E-state index contributed by atoms with van der Waals surface area (Å²) in [5.41, 5.74) is 2.62. The van der Waals surface area contributed by atoms with E-state index in [1.54, 1.807) is 12.1 Å². The van der Waals surface area contributed by atoms with E-state index in [1.165, 1.54) is 24.5 Å². The molecular weight excluding hydrogens is 1150 g/mol. The van der Waals surface area contributed by atoms with E-state index < -0.39 is 67.5 Å².